The summed E-state index contributed by atoms with van der Waals surface area (Å²) in [4.78, 5) is 0. The average molecular weight is 315 g/mol. The summed E-state index contributed by atoms with van der Waals surface area (Å²) in [5.41, 5.74) is 1.71. The number of benzene rings is 1. The van der Waals surface area contributed by atoms with Gasteiger partial charge in [0.25, 0.3) is 0 Å². The first kappa shape index (κ1) is 13.7. The van der Waals surface area contributed by atoms with Crippen LogP contribution < -0.4 is 0 Å². The Morgan fingerprint density at radius 3 is 2.56 bits per heavy atom. The lowest BCUT2D eigenvalue weighted by Crippen LogP contribution is -2.10. The Labute approximate surface area is 115 Å². The highest BCUT2D eigenvalue weighted by atomic mass is 79.9. The Kier molecular flexibility index (Phi) is 4.93. The fraction of sp³-hybridized carbons (Fsp3) is 0.467. The molecular weight excluding hydrogens is 298 g/mol. The third kappa shape index (κ3) is 3.41. The number of allylic oxidation sites excluding steroid dienone is 1. The van der Waals surface area contributed by atoms with E-state index in [1.165, 1.54) is 49.8 Å². The molecule has 0 radical (unpaired) electrons. The van der Waals surface area contributed by atoms with Gasteiger partial charge in [0.15, 0.2) is 0 Å². The summed E-state index contributed by atoms with van der Waals surface area (Å²) in [5.74, 6) is -0.463. The molecular formula is C15H17BrF2. The molecule has 0 heterocycles. The van der Waals surface area contributed by atoms with Crippen molar-refractivity contribution < 1.29 is 8.78 Å². The van der Waals surface area contributed by atoms with E-state index < -0.39 is 11.6 Å². The second kappa shape index (κ2) is 6.46. The molecule has 1 saturated carbocycles. The van der Waals surface area contributed by atoms with Crippen LogP contribution in [0.4, 0.5) is 8.78 Å². The maximum atomic E-state index is 13.6. The van der Waals surface area contributed by atoms with E-state index in [2.05, 4.69) is 15.9 Å². The molecule has 0 N–H and O–H groups in total. The number of hydrogen-bond acceptors (Lipinski definition) is 0. The van der Waals surface area contributed by atoms with Gasteiger partial charge in [-0.05, 0) is 30.9 Å². The Morgan fingerprint density at radius 1 is 1.22 bits per heavy atom. The molecule has 1 aliphatic rings. The maximum Gasteiger partial charge on any atom is 0.133 e. The lowest BCUT2D eigenvalue weighted by Gasteiger charge is -2.23. The molecule has 0 atom stereocenters. The lowest BCUT2D eigenvalue weighted by molar-refractivity contribution is 0.405. The molecule has 98 valence electrons. The zero-order valence-electron chi connectivity index (χ0n) is 10.3. The van der Waals surface area contributed by atoms with Gasteiger partial charge in [-0.25, -0.2) is 8.78 Å². The largest absolute Gasteiger partial charge is 0.207 e. The molecule has 0 unspecified atom stereocenters. The van der Waals surface area contributed by atoms with Gasteiger partial charge in [0, 0.05) is 17.0 Å². The van der Waals surface area contributed by atoms with E-state index in [0.717, 1.165) is 11.4 Å². The monoisotopic (exact) mass is 314 g/mol. The SMILES string of the molecule is Fc1ccc(C=C(CBr)C2CCCCC2)c(F)c1. The van der Waals surface area contributed by atoms with Crippen LogP contribution in [0, 0.1) is 17.6 Å². The van der Waals surface area contributed by atoms with Crippen LogP contribution >= 0.6 is 15.9 Å². The molecule has 0 bridgehead atoms. The zero-order valence-corrected chi connectivity index (χ0v) is 11.8. The molecule has 3 heteroatoms. The van der Waals surface area contributed by atoms with Crippen molar-refractivity contribution in [2.45, 2.75) is 32.1 Å². The molecule has 2 rings (SSSR count). The van der Waals surface area contributed by atoms with Crippen molar-refractivity contribution in [1.82, 2.24) is 0 Å². The van der Waals surface area contributed by atoms with E-state index in [4.69, 9.17) is 0 Å². The normalized spacial score (nSPS) is 18.1. The van der Waals surface area contributed by atoms with Crippen molar-refractivity contribution in [3.05, 3.63) is 41.0 Å². The van der Waals surface area contributed by atoms with Gasteiger partial charge in [0.1, 0.15) is 11.6 Å². The van der Waals surface area contributed by atoms with Gasteiger partial charge in [-0.3, -0.25) is 0 Å². The Morgan fingerprint density at radius 2 is 1.94 bits per heavy atom. The van der Waals surface area contributed by atoms with Gasteiger partial charge in [0.2, 0.25) is 0 Å². The van der Waals surface area contributed by atoms with Crippen molar-refractivity contribution >= 4 is 22.0 Å². The molecule has 0 aliphatic heterocycles. The minimum atomic E-state index is -0.525. The number of hydrogen-bond donors (Lipinski definition) is 0. The predicted octanol–water partition coefficient (Wildman–Crippen LogP) is 5.32. The Hall–Kier alpha value is -0.700. The summed E-state index contributed by atoms with van der Waals surface area (Å²) >= 11 is 3.48. The highest BCUT2D eigenvalue weighted by Crippen LogP contribution is 2.32. The minimum Gasteiger partial charge on any atom is -0.207 e. The predicted molar refractivity (Wildman–Crippen MR) is 74.7 cm³/mol. The summed E-state index contributed by atoms with van der Waals surface area (Å²) in [6.07, 6.45) is 8.04. The molecule has 18 heavy (non-hydrogen) atoms. The summed E-state index contributed by atoms with van der Waals surface area (Å²) in [6, 6.07) is 3.76. The summed E-state index contributed by atoms with van der Waals surface area (Å²) in [5, 5.41) is 0.758. The van der Waals surface area contributed by atoms with Gasteiger partial charge in [-0.15, -0.1) is 0 Å². The van der Waals surface area contributed by atoms with Crippen LogP contribution in [0.2, 0.25) is 0 Å². The summed E-state index contributed by atoms with van der Waals surface area (Å²) < 4.78 is 26.5. The topological polar surface area (TPSA) is 0 Å². The summed E-state index contributed by atoms with van der Waals surface area (Å²) in [7, 11) is 0. The van der Waals surface area contributed by atoms with Gasteiger partial charge in [0.05, 0.1) is 0 Å². The van der Waals surface area contributed by atoms with Crippen molar-refractivity contribution in [3.8, 4) is 0 Å². The molecule has 1 aromatic rings. The molecule has 0 nitrogen and oxygen atoms in total. The van der Waals surface area contributed by atoms with Crippen LogP contribution in [0.15, 0.2) is 23.8 Å². The van der Waals surface area contributed by atoms with Crippen LogP contribution in [0.1, 0.15) is 37.7 Å². The first-order valence-corrected chi connectivity index (χ1v) is 7.54. The van der Waals surface area contributed by atoms with E-state index in [0.29, 0.717) is 11.5 Å². The molecule has 1 fully saturated rings. The van der Waals surface area contributed by atoms with Gasteiger partial charge in [-0.2, -0.15) is 0 Å². The number of alkyl halides is 1. The van der Waals surface area contributed by atoms with E-state index in [9.17, 15) is 8.78 Å². The van der Waals surface area contributed by atoms with E-state index in [1.54, 1.807) is 0 Å². The fourth-order valence-electron chi connectivity index (χ4n) is 2.56. The van der Waals surface area contributed by atoms with E-state index in [1.807, 2.05) is 6.08 Å². The second-order valence-corrected chi connectivity index (χ2v) is 5.41. The first-order chi connectivity index (χ1) is 8.70. The van der Waals surface area contributed by atoms with Crippen molar-refractivity contribution in [2.24, 2.45) is 5.92 Å². The minimum absolute atomic E-state index is 0.482. The maximum absolute atomic E-state index is 13.6. The van der Waals surface area contributed by atoms with Crippen molar-refractivity contribution in [1.29, 1.82) is 0 Å². The van der Waals surface area contributed by atoms with Crippen LogP contribution in [-0.4, -0.2) is 5.33 Å². The zero-order chi connectivity index (χ0) is 13.0. The smallest absolute Gasteiger partial charge is 0.133 e. The molecule has 0 aromatic heterocycles. The van der Waals surface area contributed by atoms with E-state index >= 15 is 0 Å². The van der Waals surface area contributed by atoms with Crippen molar-refractivity contribution in [2.75, 3.05) is 5.33 Å². The van der Waals surface area contributed by atoms with Crippen LogP contribution in [-0.2, 0) is 0 Å². The van der Waals surface area contributed by atoms with Gasteiger partial charge >= 0.3 is 0 Å². The van der Waals surface area contributed by atoms with Gasteiger partial charge < -0.3 is 0 Å². The highest BCUT2D eigenvalue weighted by molar-refractivity contribution is 9.09. The molecule has 0 saturated heterocycles. The van der Waals surface area contributed by atoms with Crippen LogP contribution in [0.3, 0.4) is 0 Å². The Balaban J connectivity index is 2.22. The van der Waals surface area contributed by atoms with Crippen molar-refractivity contribution in [3.63, 3.8) is 0 Å². The van der Waals surface area contributed by atoms with Gasteiger partial charge in [-0.1, -0.05) is 46.8 Å². The second-order valence-electron chi connectivity index (χ2n) is 4.85. The standard InChI is InChI=1S/C15H17BrF2/c16-10-13(11-4-2-1-3-5-11)8-12-6-7-14(17)9-15(12)18/h6-9,11H,1-5,10H2. The highest BCUT2D eigenvalue weighted by Gasteiger charge is 2.17. The fourth-order valence-corrected chi connectivity index (χ4v) is 3.18. The molecule has 0 amide bonds. The number of halogens is 3. The lowest BCUT2D eigenvalue weighted by atomic mass is 9.84. The average Bonchev–Trinajstić information content (AvgIpc) is 2.39. The molecule has 1 aromatic carbocycles. The van der Waals surface area contributed by atoms with Crippen LogP contribution in [0.25, 0.3) is 6.08 Å². The van der Waals surface area contributed by atoms with E-state index in [-0.39, 0.29) is 0 Å². The third-order valence-electron chi connectivity index (χ3n) is 3.59. The van der Waals surface area contributed by atoms with Crippen LogP contribution in [0.5, 0.6) is 0 Å². The third-order valence-corrected chi connectivity index (χ3v) is 4.23. The number of rotatable bonds is 3. The quantitative estimate of drug-likeness (QED) is 0.662. The first-order valence-electron chi connectivity index (χ1n) is 6.42. The summed E-state index contributed by atoms with van der Waals surface area (Å²) in [6.45, 7) is 0. The Bertz CT molecular complexity index is 434. The molecule has 0 spiro atoms. The molecule has 1 aliphatic carbocycles.